The number of aryl methyl sites for hydroxylation is 1. The van der Waals surface area contributed by atoms with E-state index in [0.29, 0.717) is 23.1 Å². The third kappa shape index (κ3) is 7.81. The van der Waals surface area contributed by atoms with E-state index < -0.39 is 17.5 Å². The average molecular weight is 606 g/mol. The maximum atomic E-state index is 13.1. The van der Waals surface area contributed by atoms with Crippen LogP contribution in [0.1, 0.15) is 61.4 Å². The highest BCUT2D eigenvalue weighted by molar-refractivity contribution is 7.71. The zero-order valence-corrected chi connectivity index (χ0v) is 24.7. The summed E-state index contributed by atoms with van der Waals surface area (Å²) in [7, 11) is 0. The summed E-state index contributed by atoms with van der Waals surface area (Å²) in [5.41, 5.74) is 11.2. The Morgan fingerprint density at radius 3 is 2.74 bits per heavy atom. The van der Waals surface area contributed by atoms with E-state index >= 15 is 0 Å². The van der Waals surface area contributed by atoms with E-state index in [1.807, 2.05) is 19.1 Å². The van der Waals surface area contributed by atoms with E-state index in [9.17, 15) is 18.0 Å². The van der Waals surface area contributed by atoms with Crippen LogP contribution in [0.5, 0.6) is 0 Å². The standard InChI is InChI=1S/C29H38F3N7O2S/c1-18-5-7-24(38-27(18)42)35-13-3-4-20-16-19(2)39(17-20)26-21(25(34)40)6-8-23(37-26)36-14-9-22(33)41-15-12-28(10-11-28)29(30,31)32/h5-9,14,19-20H,3-4,10-13,15-17,33H2,1-2H3,(H2,34,40)(H2,35,38,42). The minimum absolute atomic E-state index is 0.0407. The van der Waals surface area contributed by atoms with Gasteiger partial charge in [-0.2, -0.15) is 13.2 Å². The molecule has 0 radical (unpaired) electrons. The van der Waals surface area contributed by atoms with Gasteiger partial charge in [-0.3, -0.25) is 4.79 Å². The van der Waals surface area contributed by atoms with Crippen LogP contribution in [0, 0.1) is 22.9 Å². The summed E-state index contributed by atoms with van der Waals surface area (Å²) in [5.74, 6) is 1.51. The maximum absolute atomic E-state index is 13.1. The molecule has 2 aromatic rings. The molecular formula is C29H38F3N7O2S. The lowest BCUT2D eigenvalue weighted by Gasteiger charge is -2.24. The van der Waals surface area contributed by atoms with Crippen LogP contribution < -0.4 is 21.7 Å². The number of carbonyl (C=O) groups is 1. The number of carbonyl (C=O) groups excluding carboxylic acids is 1. The van der Waals surface area contributed by atoms with Crippen LogP contribution in [0.25, 0.3) is 0 Å². The Morgan fingerprint density at radius 1 is 1.31 bits per heavy atom. The second-order valence-corrected chi connectivity index (χ2v) is 11.6. The fraction of sp³-hybridized carbons (Fsp3) is 0.517. The predicted molar refractivity (Wildman–Crippen MR) is 160 cm³/mol. The number of halogens is 3. The Bertz CT molecular complexity index is 1390. The van der Waals surface area contributed by atoms with Crippen molar-refractivity contribution in [1.29, 1.82) is 0 Å². The van der Waals surface area contributed by atoms with Gasteiger partial charge in [0.2, 0.25) is 0 Å². The number of nitrogens with two attached hydrogens (primary N) is 2. The van der Waals surface area contributed by atoms with E-state index in [4.69, 9.17) is 28.4 Å². The number of aromatic nitrogens is 2. The lowest BCUT2D eigenvalue weighted by molar-refractivity contribution is -0.191. The molecule has 1 aliphatic heterocycles. The molecule has 42 heavy (non-hydrogen) atoms. The lowest BCUT2D eigenvalue weighted by atomic mass is 10.0. The molecule has 1 amide bonds. The van der Waals surface area contributed by atoms with Gasteiger partial charge < -0.3 is 31.4 Å². The molecule has 1 aliphatic carbocycles. The second kappa shape index (κ2) is 13.1. The third-order valence-corrected chi connectivity index (χ3v) is 8.44. The van der Waals surface area contributed by atoms with Crippen molar-refractivity contribution in [3.63, 3.8) is 0 Å². The van der Waals surface area contributed by atoms with Crippen LogP contribution >= 0.6 is 12.2 Å². The number of hydrogen-bond donors (Lipinski definition) is 4. The predicted octanol–water partition coefficient (Wildman–Crippen LogP) is 5.91. The number of primary amides is 1. The van der Waals surface area contributed by atoms with Crippen molar-refractivity contribution in [1.82, 2.24) is 9.97 Å². The van der Waals surface area contributed by atoms with Crippen molar-refractivity contribution in [3.8, 4) is 0 Å². The first-order valence-corrected chi connectivity index (χ1v) is 14.5. The Labute approximate surface area is 248 Å². The van der Waals surface area contributed by atoms with Gasteiger partial charge in [0.25, 0.3) is 5.91 Å². The number of ether oxygens (including phenoxy) is 1. The van der Waals surface area contributed by atoms with Crippen LogP contribution in [0.2, 0.25) is 0 Å². The molecule has 13 heteroatoms. The maximum Gasteiger partial charge on any atom is 0.394 e. The van der Waals surface area contributed by atoms with E-state index in [1.54, 1.807) is 12.1 Å². The first-order chi connectivity index (χ1) is 19.9. The Morgan fingerprint density at radius 2 is 2.07 bits per heavy atom. The number of aliphatic imine (C=N–C) groups is 1. The molecule has 2 fully saturated rings. The molecule has 2 aliphatic rings. The van der Waals surface area contributed by atoms with Gasteiger partial charge >= 0.3 is 6.18 Å². The number of aromatic amines is 1. The van der Waals surface area contributed by atoms with Gasteiger partial charge in [-0.25, -0.2) is 9.98 Å². The van der Waals surface area contributed by atoms with Gasteiger partial charge in [-0.1, -0.05) is 18.3 Å². The highest BCUT2D eigenvalue weighted by Crippen LogP contribution is 2.59. The monoisotopic (exact) mass is 605 g/mol. The van der Waals surface area contributed by atoms with Crippen molar-refractivity contribution in [2.75, 3.05) is 29.9 Å². The number of nitrogens with one attached hydrogen (secondary N) is 2. The summed E-state index contributed by atoms with van der Waals surface area (Å²) in [4.78, 5) is 26.4. The number of anilines is 2. The quantitative estimate of drug-likeness (QED) is 0.0966. The molecule has 2 aromatic heterocycles. The number of rotatable bonds is 13. The Kier molecular flexibility index (Phi) is 9.80. The number of hydrogen-bond acceptors (Lipinski definition) is 8. The lowest BCUT2D eigenvalue weighted by Crippen LogP contribution is -2.30. The summed E-state index contributed by atoms with van der Waals surface area (Å²) in [5, 5.41) is 3.38. The fourth-order valence-corrected chi connectivity index (χ4v) is 5.44. The van der Waals surface area contributed by atoms with Gasteiger partial charge in [0.1, 0.15) is 16.3 Å². The SMILES string of the molecule is Cc1ccc(NCCCC2CC(C)N(c3nc(N=CC=C(N)OCCC4(C(F)(F)F)CC4)ccc3C(N)=O)C2)[nH]c1=S. The second-order valence-electron chi connectivity index (χ2n) is 11.2. The van der Waals surface area contributed by atoms with E-state index in [0.717, 1.165) is 48.4 Å². The molecule has 1 saturated carbocycles. The molecule has 4 rings (SSSR count). The largest absolute Gasteiger partial charge is 0.479 e. The van der Waals surface area contributed by atoms with Crippen molar-refractivity contribution in [2.45, 2.75) is 64.6 Å². The van der Waals surface area contributed by atoms with Crippen LogP contribution in [-0.4, -0.2) is 54.0 Å². The van der Waals surface area contributed by atoms with Gasteiger partial charge in [0.05, 0.1) is 17.6 Å². The van der Waals surface area contributed by atoms with Crippen LogP contribution in [0.4, 0.5) is 30.6 Å². The average Bonchev–Trinajstić information content (AvgIpc) is 3.64. The molecule has 2 unspecified atom stereocenters. The summed E-state index contributed by atoms with van der Waals surface area (Å²) < 4.78 is 45.2. The zero-order valence-electron chi connectivity index (χ0n) is 23.8. The van der Waals surface area contributed by atoms with Crippen molar-refractivity contribution in [3.05, 3.63) is 52.0 Å². The van der Waals surface area contributed by atoms with Gasteiger partial charge in [-0.05, 0) is 82.1 Å². The highest BCUT2D eigenvalue weighted by Gasteiger charge is 2.62. The normalized spacial score (nSPS) is 20.2. The summed E-state index contributed by atoms with van der Waals surface area (Å²) >= 11 is 5.30. The first-order valence-electron chi connectivity index (χ1n) is 14.1. The summed E-state index contributed by atoms with van der Waals surface area (Å²) in [6.07, 6.45) is 1.53. The molecule has 3 heterocycles. The number of nitrogens with zero attached hydrogens (tertiary/aromatic N) is 3. The van der Waals surface area contributed by atoms with Crippen molar-refractivity contribution < 1.29 is 22.7 Å². The van der Waals surface area contributed by atoms with Crippen LogP contribution in [0.15, 0.2) is 41.2 Å². The van der Waals surface area contributed by atoms with Gasteiger partial charge in [0.15, 0.2) is 11.7 Å². The van der Waals surface area contributed by atoms with Crippen molar-refractivity contribution >= 4 is 41.8 Å². The van der Waals surface area contributed by atoms with Crippen LogP contribution in [-0.2, 0) is 4.74 Å². The smallest absolute Gasteiger partial charge is 0.394 e. The summed E-state index contributed by atoms with van der Waals surface area (Å²) in [6.45, 7) is 5.47. The van der Waals surface area contributed by atoms with Crippen molar-refractivity contribution in [2.24, 2.45) is 27.8 Å². The first kappa shape index (κ1) is 31.3. The van der Waals surface area contributed by atoms with Gasteiger partial charge in [0, 0.05) is 31.4 Å². The van der Waals surface area contributed by atoms with E-state index in [-0.39, 0.29) is 37.8 Å². The molecule has 0 aromatic carbocycles. The third-order valence-electron chi connectivity index (χ3n) is 8.02. The summed E-state index contributed by atoms with van der Waals surface area (Å²) in [6, 6.07) is 7.30. The minimum atomic E-state index is -4.22. The number of pyridine rings is 2. The molecular weight excluding hydrogens is 567 g/mol. The molecule has 228 valence electrons. The van der Waals surface area contributed by atoms with Gasteiger partial charge in [-0.15, -0.1) is 0 Å². The Hall–Kier alpha value is -3.61. The highest BCUT2D eigenvalue weighted by atomic mass is 32.1. The molecule has 0 bridgehead atoms. The Balaban J connectivity index is 1.32. The molecule has 2 atom stereocenters. The zero-order chi connectivity index (χ0) is 30.5. The number of allylic oxidation sites excluding steroid dienone is 1. The number of amides is 1. The number of alkyl halides is 3. The van der Waals surface area contributed by atoms with Crippen LogP contribution in [0.3, 0.4) is 0 Å². The van der Waals surface area contributed by atoms with E-state index in [1.165, 1.54) is 12.3 Å². The van der Waals surface area contributed by atoms with E-state index in [2.05, 4.69) is 32.1 Å². The molecule has 0 spiro atoms. The minimum Gasteiger partial charge on any atom is -0.479 e. The molecule has 9 nitrogen and oxygen atoms in total. The molecule has 6 N–H and O–H groups in total. The molecule has 1 saturated heterocycles. The fourth-order valence-electron chi connectivity index (χ4n) is 5.26. The number of H-pyrrole nitrogens is 1. The topological polar surface area (TPSA) is 135 Å².